The molecule has 32 heavy (non-hydrogen) atoms. The van der Waals surface area contributed by atoms with Crippen LogP contribution in [0, 0.1) is 0 Å². The Morgan fingerprint density at radius 3 is 2.56 bits per heavy atom. The van der Waals surface area contributed by atoms with Crippen molar-refractivity contribution in [1.29, 1.82) is 0 Å². The van der Waals surface area contributed by atoms with E-state index in [1.54, 1.807) is 25.4 Å². The Labute approximate surface area is 187 Å². The van der Waals surface area contributed by atoms with Crippen LogP contribution in [-0.4, -0.2) is 38.3 Å². The largest absolute Gasteiger partial charge is 0.497 e. The van der Waals surface area contributed by atoms with Gasteiger partial charge in [-0.2, -0.15) is 0 Å². The maximum atomic E-state index is 11.7. The first-order valence-electron chi connectivity index (χ1n) is 10.5. The smallest absolute Gasteiger partial charge is 0.337 e. The average molecular weight is 434 g/mol. The van der Waals surface area contributed by atoms with Crippen LogP contribution in [0.1, 0.15) is 34.5 Å². The summed E-state index contributed by atoms with van der Waals surface area (Å²) in [5, 5.41) is 3.51. The summed E-state index contributed by atoms with van der Waals surface area (Å²) in [5.41, 5.74) is 3.70. The second kappa shape index (κ2) is 9.60. The minimum atomic E-state index is -0.345. The van der Waals surface area contributed by atoms with Gasteiger partial charge in [-0.25, -0.2) is 9.78 Å². The number of aromatic nitrogens is 1. The molecule has 1 unspecified atom stereocenters. The molecule has 0 saturated carbocycles. The highest BCUT2D eigenvalue weighted by Gasteiger charge is 2.24. The monoisotopic (exact) mass is 433 g/mol. The van der Waals surface area contributed by atoms with Crippen molar-refractivity contribution in [3.63, 3.8) is 0 Å². The number of methoxy groups -OCH3 is 2. The predicted octanol–water partition coefficient (Wildman–Crippen LogP) is 4.45. The van der Waals surface area contributed by atoms with Crippen LogP contribution in [0.2, 0.25) is 0 Å². The summed E-state index contributed by atoms with van der Waals surface area (Å²) in [6.07, 6.45) is 1.76. The Kier molecular flexibility index (Phi) is 6.44. The molecule has 0 aliphatic carbocycles. The minimum absolute atomic E-state index is 0.0227. The molecule has 4 rings (SSSR count). The average Bonchev–Trinajstić information content (AvgIpc) is 2.84. The zero-order chi connectivity index (χ0) is 22.5. The summed E-state index contributed by atoms with van der Waals surface area (Å²) >= 11 is 0. The van der Waals surface area contributed by atoms with Crippen LogP contribution in [0.4, 0.5) is 11.5 Å². The lowest BCUT2D eigenvalue weighted by Crippen LogP contribution is -2.33. The highest BCUT2D eigenvalue weighted by Crippen LogP contribution is 2.39. The fourth-order valence-electron chi connectivity index (χ4n) is 3.77. The lowest BCUT2D eigenvalue weighted by atomic mass is 10.1. The lowest BCUT2D eigenvalue weighted by molar-refractivity contribution is 0.0600. The van der Waals surface area contributed by atoms with Crippen LogP contribution in [0.3, 0.4) is 0 Å². The standard InChI is InChI=1S/C25H27N3O4/c1-17(19-6-8-20(9-7-19)25(29)31-3)27-24-23-22(12-13-26-24)32-15-14-28(23)16-18-4-10-21(30-2)11-5-18/h4-13,17H,14-16H2,1-3H3,(H,26,27). The van der Waals surface area contributed by atoms with Gasteiger partial charge in [-0.15, -0.1) is 0 Å². The third kappa shape index (κ3) is 4.61. The van der Waals surface area contributed by atoms with Crippen molar-refractivity contribution in [2.75, 3.05) is 37.6 Å². The highest BCUT2D eigenvalue weighted by atomic mass is 16.5. The quantitative estimate of drug-likeness (QED) is 0.552. The first-order valence-corrected chi connectivity index (χ1v) is 10.5. The van der Waals surface area contributed by atoms with Crippen LogP contribution in [-0.2, 0) is 11.3 Å². The first-order chi connectivity index (χ1) is 15.6. The van der Waals surface area contributed by atoms with Crippen molar-refractivity contribution >= 4 is 17.5 Å². The second-order valence-electron chi connectivity index (χ2n) is 7.60. The van der Waals surface area contributed by atoms with E-state index in [1.807, 2.05) is 30.3 Å². The Hall–Kier alpha value is -3.74. The third-order valence-corrected chi connectivity index (χ3v) is 5.54. The number of anilines is 2. The van der Waals surface area contributed by atoms with Gasteiger partial charge in [0.05, 0.1) is 32.4 Å². The molecule has 1 atom stereocenters. The van der Waals surface area contributed by atoms with Gasteiger partial charge in [-0.1, -0.05) is 24.3 Å². The molecule has 7 nitrogen and oxygen atoms in total. The molecule has 2 heterocycles. The number of rotatable bonds is 7. The van der Waals surface area contributed by atoms with Crippen molar-refractivity contribution in [3.8, 4) is 11.5 Å². The summed E-state index contributed by atoms with van der Waals surface area (Å²) in [6.45, 7) is 4.19. The number of nitrogens with zero attached hydrogens (tertiary/aromatic N) is 2. The molecule has 1 aromatic heterocycles. The minimum Gasteiger partial charge on any atom is -0.497 e. The number of pyridine rings is 1. The molecule has 2 aromatic carbocycles. The number of carbonyl (C=O) groups is 1. The molecule has 0 fully saturated rings. The Morgan fingerprint density at radius 2 is 1.88 bits per heavy atom. The van der Waals surface area contributed by atoms with Gasteiger partial charge in [0.25, 0.3) is 0 Å². The van der Waals surface area contributed by atoms with E-state index < -0.39 is 0 Å². The molecule has 1 N–H and O–H groups in total. The molecule has 7 heteroatoms. The fourth-order valence-corrected chi connectivity index (χ4v) is 3.77. The normalized spacial score (nSPS) is 13.5. The van der Waals surface area contributed by atoms with Gasteiger partial charge < -0.3 is 24.4 Å². The third-order valence-electron chi connectivity index (χ3n) is 5.54. The highest BCUT2D eigenvalue weighted by molar-refractivity contribution is 5.89. The predicted molar refractivity (Wildman–Crippen MR) is 124 cm³/mol. The topological polar surface area (TPSA) is 72.9 Å². The Morgan fingerprint density at radius 1 is 1.12 bits per heavy atom. The number of fused-ring (bicyclic) bond motifs is 1. The maximum absolute atomic E-state index is 11.7. The molecule has 166 valence electrons. The lowest BCUT2D eigenvalue weighted by Gasteiger charge is -2.33. The zero-order valence-electron chi connectivity index (χ0n) is 18.5. The summed E-state index contributed by atoms with van der Waals surface area (Å²) in [4.78, 5) is 18.6. The van der Waals surface area contributed by atoms with Gasteiger partial charge in [0.2, 0.25) is 0 Å². The molecular formula is C25H27N3O4. The number of benzene rings is 2. The Bertz CT molecular complexity index is 1070. The van der Waals surface area contributed by atoms with Gasteiger partial charge in [0, 0.05) is 18.8 Å². The molecule has 0 radical (unpaired) electrons. The van der Waals surface area contributed by atoms with E-state index in [9.17, 15) is 4.79 Å². The van der Waals surface area contributed by atoms with E-state index in [-0.39, 0.29) is 12.0 Å². The van der Waals surface area contributed by atoms with Gasteiger partial charge >= 0.3 is 5.97 Å². The van der Waals surface area contributed by atoms with E-state index >= 15 is 0 Å². The number of nitrogens with one attached hydrogen (secondary N) is 1. The number of esters is 1. The van der Waals surface area contributed by atoms with E-state index in [0.717, 1.165) is 41.7 Å². The Balaban J connectivity index is 1.55. The van der Waals surface area contributed by atoms with Crippen molar-refractivity contribution in [2.24, 2.45) is 0 Å². The van der Waals surface area contributed by atoms with Crippen molar-refractivity contribution in [3.05, 3.63) is 77.5 Å². The molecule has 0 saturated heterocycles. The van der Waals surface area contributed by atoms with Crippen molar-refractivity contribution < 1.29 is 19.0 Å². The van der Waals surface area contributed by atoms with Crippen LogP contribution >= 0.6 is 0 Å². The number of carbonyl (C=O) groups excluding carboxylic acids is 1. The van der Waals surface area contributed by atoms with Crippen LogP contribution < -0.4 is 19.7 Å². The summed E-state index contributed by atoms with van der Waals surface area (Å²) in [7, 11) is 3.05. The van der Waals surface area contributed by atoms with Gasteiger partial charge in [-0.05, 0) is 42.3 Å². The van der Waals surface area contributed by atoms with E-state index in [2.05, 4.69) is 34.3 Å². The van der Waals surface area contributed by atoms with Crippen LogP contribution in [0.5, 0.6) is 11.5 Å². The van der Waals surface area contributed by atoms with Crippen molar-refractivity contribution in [2.45, 2.75) is 19.5 Å². The number of hydrogen-bond acceptors (Lipinski definition) is 7. The summed E-state index contributed by atoms with van der Waals surface area (Å²) < 4.78 is 16.0. The van der Waals surface area contributed by atoms with E-state index in [0.29, 0.717) is 12.2 Å². The molecule has 0 spiro atoms. The van der Waals surface area contributed by atoms with Gasteiger partial charge in [0.15, 0.2) is 5.82 Å². The maximum Gasteiger partial charge on any atom is 0.337 e. The molecule has 0 amide bonds. The number of ether oxygens (including phenoxy) is 3. The molecular weight excluding hydrogens is 406 g/mol. The van der Waals surface area contributed by atoms with Gasteiger partial charge in [0.1, 0.15) is 23.8 Å². The second-order valence-corrected chi connectivity index (χ2v) is 7.60. The van der Waals surface area contributed by atoms with E-state index in [1.165, 1.54) is 12.7 Å². The fraction of sp³-hybridized carbons (Fsp3) is 0.280. The molecule has 0 bridgehead atoms. The molecule has 1 aliphatic heterocycles. The molecule has 3 aromatic rings. The summed E-state index contributed by atoms with van der Waals surface area (Å²) in [6, 6.07) is 17.3. The SMILES string of the molecule is COC(=O)c1ccc(C(C)Nc2nccc3c2N(Cc2ccc(OC)cc2)CCO3)cc1. The first kappa shape index (κ1) is 21.5. The van der Waals surface area contributed by atoms with E-state index in [4.69, 9.17) is 14.2 Å². The number of hydrogen-bond donors (Lipinski definition) is 1. The summed E-state index contributed by atoms with van der Waals surface area (Å²) in [5.74, 6) is 2.07. The van der Waals surface area contributed by atoms with Crippen molar-refractivity contribution in [1.82, 2.24) is 4.98 Å². The molecule has 1 aliphatic rings. The van der Waals surface area contributed by atoms with Gasteiger partial charge in [-0.3, -0.25) is 0 Å². The van der Waals surface area contributed by atoms with Crippen LogP contribution in [0.15, 0.2) is 60.8 Å². The zero-order valence-corrected chi connectivity index (χ0v) is 18.5. The van der Waals surface area contributed by atoms with Crippen LogP contribution in [0.25, 0.3) is 0 Å².